The SMILES string of the molecule is CCCc1ccccc1NC(=O)c1cc(OC)ccc1Br. The second kappa shape index (κ2) is 7.27. The summed E-state index contributed by atoms with van der Waals surface area (Å²) in [5.74, 6) is 0.509. The van der Waals surface area contributed by atoms with E-state index >= 15 is 0 Å². The van der Waals surface area contributed by atoms with Crippen LogP contribution >= 0.6 is 15.9 Å². The van der Waals surface area contributed by atoms with E-state index in [1.807, 2.05) is 36.4 Å². The molecule has 0 aliphatic heterocycles. The summed E-state index contributed by atoms with van der Waals surface area (Å²) >= 11 is 3.41. The fourth-order valence-electron chi connectivity index (χ4n) is 2.12. The van der Waals surface area contributed by atoms with Crippen LogP contribution in [0.4, 0.5) is 5.69 Å². The van der Waals surface area contributed by atoms with Crippen molar-refractivity contribution in [2.45, 2.75) is 19.8 Å². The summed E-state index contributed by atoms with van der Waals surface area (Å²) in [4.78, 5) is 12.5. The Morgan fingerprint density at radius 2 is 2.00 bits per heavy atom. The Kier molecular flexibility index (Phi) is 5.39. The van der Waals surface area contributed by atoms with Gasteiger partial charge >= 0.3 is 0 Å². The fraction of sp³-hybridized carbons (Fsp3) is 0.235. The molecule has 0 aliphatic carbocycles. The minimum atomic E-state index is -0.149. The lowest BCUT2D eigenvalue weighted by Crippen LogP contribution is -2.14. The predicted molar refractivity (Wildman–Crippen MR) is 89.1 cm³/mol. The van der Waals surface area contributed by atoms with Gasteiger partial charge in [0, 0.05) is 10.2 Å². The number of benzene rings is 2. The second-order valence-electron chi connectivity index (χ2n) is 4.71. The molecule has 0 saturated heterocycles. The van der Waals surface area contributed by atoms with Gasteiger partial charge in [-0.05, 0) is 52.2 Å². The second-order valence-corrected chi connectivity index (χ2v) is 5.56. The molecule has 0 spiro atoms. The highest BCUT2D eigenvalue weighted by atomic mass is 79.9. The molecule has 0 radical (unpaired) electrons. The molecule has 2 aromatic carbocycles. The summed E-state index contributed by atoms with van der Waals surface area (Å²) in [6.45, 7) is 2.12. The van der Waals surface area contributed by atoms with Crippen molar-refractivity contribution in [3.8, 4) is 5.75 Å². The summed E-state index contributed by atoms with van der Waals surface area (Å²) in [5, 5.41) is 2.98. The third-order valence-electron chi connectivity index (χ3n) is 3.20. The first kappa shape index (κ1) is 15.6. The van der Waals surface area contributed by atoms with Crippen molar-refractivity contribution >= 4 is 27.5 Å². The van der Waals surface area contributed by atoms with E-state index in [1.165, 1.54) is 0 Å². The lowest BCUT2D eigenvalue weighted by atomic mass is 10.1. The molecule has 4 heteroatoms. The number of nitrogens with one attached hydrogen (secondary N) is 1. The van der Waals surface area contributed by atoms with Crippen LogP contribution in [-0.2, 0) is 6.42 Å². The molecule has 1 N–H and O–H groups in total. The number of ether oxygens (including phenoxy) is 1. The molecule has 110 valence electrons. The topological polar surface area (TPSA) is 38.3 Å². The van der Waals surface area contributed by atoms with Crippen molar-refractivity contribution in [2.75, 3.05) is 12.4 Å². The third kappa shape index (κ3) is 3.85. The number of para-hydroxylation sites is 1. The number of carbonyl (C=O) groups excluding carboxylic acids is 1. The van der Waals surface area contributed by atoms with Crippen molar-refractivity contribution in [1.29, 1.82) is 0 Å². The van der Waals surface area contributed by atoms with Gasteiger partial charge < -0.3 is 10.1 Å². The molecule has 0 fully saturated rings. The van der Waals surface area contributed by atoms with E-state index in [0.717, 1.165) is 28.6 Å². The van der Waals surface area contributed by atoms with Gasteiger partial charge in [0.2, 0.25) is 0 Å². The molecular formula is C17H18BrNO2. The maximum Gasteiger partial charge on any atom is 0.256 e. The number of hydrogen-bond acceptors (Lipinski definition) is 2. The van der Waals surface area contributed by atoms with Gasteiger partial charge in [-0.1, -0.05) is 31.5 Å². The van der Waals surface area contributed by atoms with Gasteiger partial charge in [-0.15, -0.1) is 0 Å². The zero-order chi connectivity index (χ0) is 15.2. The van der Waals surface area contributed by atoms with Gasteiger partial charge in [0.25, 0.3) is 5.91 Å². The molecule has 0 bridgehead atoms. The molecule has 0 heterocycles. The molecule has 21 heavy (non-hydrogen) atoms. The summed E-state index contributed by atoms with van der Waals surface area (Å²) in [6, 6.07) is 13.2. The number of halogens is 1. The Morgan fingerprint density at radius 1 is 1.24 bits per heavy atom. The van der Waals surface area contributed by atoms with Crippen LogP contribution in [0.25, 0.3) is 0 Å². The molecule has 0 atom stereocenters. The fourth-order valence-corrected chi connectivity index (χ4v) is 2.55. The molecule has 3 nitrogen and oxygen atoms in total. The van der Waals surface area contributed by atoms with Crippen molar-refractivity contribution in [2.24, 2.45) is 0 Å². The quantitative estimate of drug-likeness (QED) is 0.853. The number of amides is 1. The average molecular weight is 348 g/mol. The number of rotatable bonds is 5. The van der Waals surface area contributed by atoms with E-state index in [9.17, 15) is 4.79 Å². The Morgan fingerprint density at radius 3 is 2.71 bits per heavy atom. The normalized spacial score (nSPS) is 10.2. The molecule has 0 saturated carbocycles. The van der Waals surface area contributed by atoms with E-state index in [2.05, 4.69) is 28.2 Å². The van der Waals surface area contributed by atoms with Crippen molar-refractivity contribution in [1.82, 2.24) is 0 Å². The van der Waals surface area contributed by atoms with Gasteiger partial charge in [0.1, 0.15) is 5.75 Å². The van der Waals surface area contributed by atoms with Gasteiger partial charge in [-0.2, -0.15) is 0 Å². The first-order chi connectivity index (χ1) is 10.2. The Bertz CT molecular complexity index is 640. The lowest BCUT2D eigenvalue weighted by Gasteiger charge is -2.12. The molecule has 0 aromatic heterocycles. The number of anilines is 1. The zero-order valence-electron chi connectivity index (χ0n) is 12.2. The monoisotopic (exact) mass is 347 g/mol. The van der Waals surface area contributed by atoms with Crippen LogP contribution < -0.4 is 10.1 Å². The van der Waals surface area contributed by atoms with E-state index in [1.54, 1.807) is 13.2 Å². The summed E-state index contributed by atoms with van der Waals surface area (Å²) in [5.41, 5.74) is 2.56. The minimum Gasteiger partial charge on any atom is -0.497 e. The standard InChI is InChI=1S/C17H18BrNO2/c1-3-6-12-7-4-5-8-16(12)19-17(20)14-11-13(21-2)9-10-15(14)18/h4-5,7-11H,3,6H2,1-2H3,(H,19,20). The molecule has 2 aromatic rings. The number of carbonyl (C=O) groups is 1. The molecule has 1 amide bonds. The lowest BCUT2D eigenvalue weighted by molar-refractivity contribution is 0.102. The highest BCUT2D eigenvalue weighted by Gasteiger charge is 2.13. The van der Waals surface area contributed by atoms with Crippen LogP contribution in [0.5, 0.6) is 5.75 Å². The number of methoxy groups -OCH3 is 1. The van der Waals surface area contributed by atoms with Gasteiger partial charge in [0.05, 0.1) is 12.7 Å². The summed E-state index contributed by atoms with van der Waals surface area (Å²) in [6.07, 6.45) is 1.98. The van der Waals surface area contributed by atoms with Crippen molar-refractivity contribution in [3.05, 3.63) is 58.1 Å². The average Bonchev–Trinajstić information content (AvgIpc) is 2.50. The smallest absolute Gasteiger partial charge is 0.256 e. The maximum atomic E-state index is 12.5. The van der Waals surface area contributed by atoms with Crippen LogP contribution in [0.15, 0.2) is 46.9 Å². The van der Waals surface area contributed by atoms with Crippen LogP contribution in [-0.4, -0.2) is 13.0 Å². The predicted octanol–water partition coefficient (Wildman–Crippen LogP) is 4.66. The molecular weight excluding hydrogens is 330 g/mol. The first-order valence-electron chi connectivity index (χ1n) is 6.88. The number of aryl methyl sites for hydroxylation is 1. The zero-order valence-corrected chi connectivity index (χ0v) is 13.7. The third-order valence-corrected chi connectivity index (χ3v) is 3.89. The van der Waals surface area contributed by atoms with Crippen molar-refractivity contribution in [3.63, 3.8) is 0 Å². The Labute approximate surface area is 133 Å². The maximum absolute atomic E-state index is 12.5. The van der Waals surface area contributed by atoms with Gasteiger partial charge in [-0.25, -0.2) is 0 Å². The Hall–Kier alpha value is -1.81. The van der Waals surface area contributed by atoms with Crippen LogP contribution in [0.1, 0.15) is 29.3 Å². The Balaban J connectivity index is 2.26. The van der Waals surface area contributed by atoms with Crippen LogP contribution in [0.2, 0.25) is 0 Å². The van der Waals surface area contributed by atoms with Gasteiger partial charge in [0.15, 0.2) is 0 Å². The highest BCUT2D eigenvalue weighted by molar-refractivity contribution is 9.10. The van der Waals surface area contributed by atoms with Crippen LogP contribution in [0.3, 0.4) is 0 Å². The first-order valence-corrected chi connectivity index (χ1v) is 7.67. The molecule has 0 unspecified atom stereocenters. The molecule has 0 aliphatic rings. The largest absolute Gasteiger partial charge is 0.497 e. The summed E-state index contributed by atoms with van der Waals surface area (Å²) < 4.78 is 5.92. The van der Waals surface area contributed by atoms with E-state index in [-0.39, 0.29) is 5.91 Å². The minimum absolute atomic E-state index is 0.149. The number of hydrogen-bond donors (Lipinski definition) is 1. The van der Waals surface area contributed by atoms with Crippen molar-refractivity contribution < 1.29 is 9.53 Å². The van der Waals surface area contributed by atoms with Crippen LogP contribution in [0, 0.1) is 0 Å². The highest BCUT2D eigenvalue weighted by Crippen LogP contribution is 2.24. The van der Waals surface area contributed by atoms with E-state index < -0.39 is 0 Å². The van der Waals surface area contributed by atoms with E-state index in [0.29, 0.717) is 11.3 Å². The molecule has 2 rings (SSSR count). The summed E-state index contributed by atoms with van der Waals surface area (Å²) in [7, 11) is 1.58. The van der Waals surface area contributed by atoms with E-state index in [4.69, 9.17) is 4.74 Å². The van der Waals surface area contributed by atoms with Gasteiger partial charge in [-0.3, -0.25) is 4.79 Å².